The average molecular weight is 410 g/mol. The molecule has 0 radical (unpaired) electrons. The van der Waals surface area contributed by atoms with Crippen molar-refractivity contribution in [3.63, 3.8) is 0 Å². The van der Waals surface area contributed by atoms with Crippen LogP contribution in [0.1, 0.15) is 42.6 Å². The molecule has 1 atom stereocenters. The molecule has 2 heterocycles. The summed E-state index contributed by atoms with van der Waals surface area (Å²) in [5, 5.41) is 2.95. The third kappa shape index (κ3) is 4.43. The fourth-order valence-electron chi connectivity index (χ4n) is 4.10. The molecule has 1 aromatic heterocycles. The maximum Gasteiger partial charge on any atom is 0.308 e. The Morgan fingerprint density at radius 1 is 1.21 bits per heavy atom. The van der Waals surface area contributed by atoms with E-state index in [0.717, 1.165) is 35.8 Å². The van der Waals surface area contributed by atoms with Crippen molar-refractivity contribution < 1.29 is 4.79 Å². The lowest BCUT2D eigenvalue weighted by Crippen LogP contribution is -2.33. The van der Waals surface area contributed by atoms with Gasteiger partial charge in [0.25, 0.3) is 5.91 Å². The number of likely N-dealkylation sites (tertiary alicyclic amines) is 1. The molecule has 1 aliphatic rings. The first-order valence-corrected chi connectivity index (χ1v) is 11.1. The molecule has 2 aromatic carbocycles. The largest absolute Gasteiger partial charge is 0.322 e. The van der Waals surface area contributed by atoms with Crippen LogP contribution in [0.5, 0.6) is 0 Å². The van der Waals surface area contributed by atoms with E-state index in [0.29, 0.717) is 17.8 Å². The Bertz CT molecular complexity index is 1070. The Labute approximate surface area is 175 Å². The highest BCUT2D eigenvalue weighted by Crippen LogP contribution is 2.23. The molecule has 1 saturated heterocycles. The Morgan fingerprint density at radius 3 is 2.72 bits per heavy atom. The zero-order valence-electron chi connectivity index (χ0n) is 17.0. The highest BCUT2D eigenvalue weighted by molar-refractivity contribution is 7.16. The van der Waals surface area contributed by atoms with E-state index in [4.69, 9.17) is 0 Å². The molecule has 29 heavy (non-hydrogen) atoms. The lowest BCUT2D eigenvalue weighted by Gasteiger charge is -2.30. The Kier molecular flexibility index (Phi) is 5.83. The lowest BCUT2D eigenvalue weighted by atomic mass is 9.99. The molecular formula is C23H27N3O2S. The van der Waals surface area contributed by atoms with Crippen LogP contribution in [0.3, 0.4) is 0 Å². The first-order valence-electron chi connectivity index (χ1n) is 10.3. The second kappa shape index (κ2) is 8.51. The number of amides is 1. The second-order valence-corrected chi connectivity index (χ2v) is 8.92. The van der Waals surface area contributed by atoms with Crippen molar-refractivity contribution in [3.05, 3.63) is 63.3 Å². The topological polar surface area (TPSA) is 54.3 Å². The summed E-state index contributed by atoms with van der Waals surface area (Å²) in [6.07, 6.45) is 2.59. The van der Waals surface area contributed by atoms with Gasteiger partial charge in [-0.2, -0.15) is 0 Å². The number of nitrogens with one attached hydrogen (secondary N) is 1. The van der Waals surface area contributed by atoms with Gasteiger partial charge in [-0.05, 0) is 68.1 Å². The van der Waals surface area contributed by atoms with Gasteiger partial charge in [0.2, 0.25) is 0 Å². The van der Waals surface area contributed by atoms with Gasteiger partial charge in [-0.25, -0.2) is 0 Å². The summed E-state index contributed by atoms with van der Waals surface area (Å²) >= 11 is 1.21. The van der Waals surface area contributed by atoms with Crippen molar-refractivity contribution in [3.8, 4) is 0 Å². The highest BCUT2D eigenvalue weighted by atomic mass is 32.1. The van der Waals surface area contributed by atoms with Crippen molar-refractivity contribution in [2.75, 3.05) is 18.4 Å². The fourth-order valence-corrected chi connectivity index (χ4v) is 5.09. The molecule has 0 spiro atoms. The summed E-state index contributed by atoms with van der Waals surface area (Å²) < 4.78 is 2.63. The number of aromatic nitrogens is 1. The number of hydrogen-bond acceptors (Lipinski definition) is 4. The number of benzene rings is 2. The van der Waals surface area contributed by atoms with Crippen molar-refractivity contribution in [2.24, 2.45) is 5.92 Å². The zero-order valence-corrected chi connectivity index (χ0v) is 17.8. The number of nitrogens with zero attached hydrogens (tertiary/aromatic N) is 2. The highest BCUT2D eigenvalue weighted by Gasteiger charge is 2.16. The maximum absolute atomic E-state index is 12.6. The fraction of sp³-hybridized carbons (Fsp3) is 0.391. The smallest absolute Gasteiger partial charge is 0.308 e. The Hall–Kier alpha value is -2.44. The number of carbonyl (C=O) groups is 1. The Balaban J connectivity index is 1.43. The average Bonchev–Trinajstić information content (AvgIpc) is 3.02. The third-order valence-electron chi connectivity index (χ3n) is 5.61. The van der Waals surface area contributed by atoms with Gasteiger partial charge in [0.1, 0.15) is 0 Å². The number of hydrogen-bond donors (Lipinski definition) is 1. The summed E-state index contributed by atoms with van der Waals surface area (Å²) in [5.74, 6) is 0.628. The van der Waals surface area contributed by atoms with Gasteiger partial charge in [-0.1, -0.05) is 30.4 Å². The number of rotatable bonds is 5. The molecule has 1 N–H and O–H groups in total. The summed E-state index contributed by atoms with van der Waals surface area (Å²) in [6.45, 7) is 8.16. The van der Waals surface area contributed by atoms with Crippen LogP contribution in [0.2, 0.25) is 0 Å². The molecule has 0 bridgehead atoms. The number of thiazole rings is 1. The SMILES string of the molecule is CCn1c(=O)sc2cc(NC(=O)c3ccc(CN4CCC[C@H](C)C4)cc3)ccc21. The minimum Gasteiger partial charge on any atom is -0.322 e. The van der Waals surface area contributed by atoms with Gasteiger partial charge in [-0.3, -0.25) is 19.1 Å². The zero-order chi connectivity index (χ0) is 20.4. The lowest BCUT2D eigenvalue weighted by molar-refractivity contribution is 0.102. The van der Waals surface area contributed by atoms with Crippen LogP contribution in [-0.2, 0) is 13.1 Å². The van der Waals surface area contributed by atoms with E-state index in [1.807, 2.05) is 49.4 Å². The minimum atomic E-state index is -0.134. The predicted octanol–water partition coefficient (Wildman–Crippen LogP) is 4.57. The second-order valence-electron chi connectivity index (χ2n) is 7.93. The monoisotopic (exact) mass is 409 g/mol. The van der Waals surface area contributed by atoms with E-state index in [1.54, 1.807) is 4.57 Å². The Morgan fingerprint density at radius 2 is 2.00 bits per heavy atom. The van der Waals surface area contributed by atoms with Crippen molar-refractivity contribution in [2.45, 2.75) is 39.8 Å². The summed E-state index contributed by atoms with van der Waals surface area (Å²) in [4.78, 5) is 27.2. The summed E-state index contributed by atoms with van der Waals surface area (Å²) in [5.41, 5.74) is 3.50. The summed E-state index contributed by atoms with van der Waals surface area (Å²) in [6, 6.07) is 13.5. The van der Waals surface area contributed by atoms with Crippen molar-refractivity contribution in [1.82, 2.24) is 9.47 Å². The van der Waals surface area contributed by atoms with Gasteiger partial charge in [0.15, 0.2) is 0 Å². The molecule has 1 fully saturated rings. The molecule has 1 amide bonds. The van der Waals surface area contributed by atoms with Crippen LogP contribution >= 0.6 is 11.3 Å². The van der Waals surface area contributed by atoms with Gasteiger partial charge >= 0.3 is 4.87 Å². The van der Waals surface area contributed by atoms with Crippen molar-refractivity contribution >= 4 is 33.1 Å². The van der Waals surface area contributed by atoms with Crippen LogP contribution in [0.15, 0.2) is 47.3 Å². The molecule has 5 nitrogen and oxygen atoms in total. The molecule has 6 heteroatoms. The van der Waals surface area contributed by atoms with Gasteiger partial charge in [0.05, 0.1) is 10.2 Å². The maximum atomic E-state index is 12.6. The standard InChI is InChI=1S/C23H27N3O2S/c1-3-26-20-11-10-19(13-21(20)29-23(26)28)24-22(27)18-8-6-17(7-9-18)15-25-12-4-5-16(2)14-25/h6-11,13,16H,3-5,12,14-15H2,1-2H3,(H,24,27)/t16-/m0/s1. The van der Waals surface area contributed by atoms with Gasteiger partial charge < -0.3 is 5.32 Å². The molecule has 0 unspecified atom stereocenters. The molecule has 0 aliphatic carbocycles. The first kappa shape index (κ1) is 19.9. The first-order chi connectivity index (χ1) is 14.0. The molecule has 4 rings (SSSR count). The molecule has 1 aliphatic heterocycles. The normalized spacial score (nSPS) is 17.5. The molecular weight excluding hydrogens is 382 g/mol. The molecule has 0 saturated carbocycles. The van der Waals surface area contributed by atoms with Crippen LogP contribution in [-0.4, -0.2) is 28.5 Å². The quantitative estimate of drug-likeness (QED) is 0.672. The van der Waals surface area contributed by atoms with Crippen LogP contribution in [0, 0.1) is 5.92 Å². The van der Waals surface area contributed by atoms with E-state index >= 15 is 0 Å². The van der Waals surface area contributed by atoms with Crippen molar-refractivity contribution in [1.29, 1.82) is 0 Å². The molecule has 3 aromatic rings. The van der Waals surface area contributed by atoms with Crippen LogP contribution < -0.4 is 10.2 Å². The van der Waals surface area contributed by atoms with Gasteiger partial charge in [0, 0.05) is 30.9 Å². The van der Waals surface area contributed by atoms with E-state index in [2.05, 4.69) is 17.1 Å². The van der Waals surface area contributed by atoms with E-state index < -0.39 is 0 Å². The minimum absolute atomic E-state index is 0.0321. The predicted molar refractivity (Wildman–Crippen MR) is 120 cm³/mol. The number of fused-ring (bicyclic) bond motifs is 1. The van der Waals surface area contributed by atoms with Crippen LogP contribution in [0.4, 0.5) is 5.69 Å². The number of anilines is 1. The summed E-state index contributed by atoms with van der Waals surface area (Å²) in [7, 11) is 0. The third-order valence-corrected chi connectivity index (χ3v) is 6.55. The van der Waals surface area contributed by atoms with E-state index in [-0.39, 0.29) is 10.8 Å². The van der Waals surface area contributed by atoms with Gasteiger partial charge in [-0.15, -0.1) is 0 Å². The van der Waals surface area contributed by atoms with E-state index in [1.165, 1.54) is 29.7 Å². The number of aryl methyl sites for hydroxylation is 1. The van der Waals surface area contributed by atoms with E-state index in [9.17, 15) is 9.59 Å². The number of carbonyl (C=O) groups excluding carboxylic acids is 1. The van der Waals surface area contributed by atoms with Crippen LogP contribution in [0.25, 0.3) is 10.2 Å². The molecule has 152 valence electrons. The number of piperidine rings is 1.